The molecule has 0 atom stereocenters. The van der Waals surface area contributed by atoms with Crippen LogP contribution in [0.3, 0.4) is 0 Å². The van der Waals surface area contributed by atoms with Crippen molar-refractivity contribution in [1.82, 2.24) is 0 Å². The maximum atomic E-state index is 13.1. The molecule has 5 aromatic rings. The quantitative estimate of drug-likeness (QED) is 0.290. The Morgan fingerprint density at radius 3 is 2.12 bits per heavy atom. The Labute approximate surface area is 190 Å². The largest absolute Gasteiger partial charge is 0.456 e. The third-order valence-electron chi connectivity index (χ3n) is 6.15. The molecule has 0 bridgehead atoms. The van der Waals surface area contributed by atoms with Crippen molar-refractivity contribution in [2.75, 3.05) is 5.75 Å². The van der Waals surface area contributed by atoms with Crippen molar-refractivity contribution in [2.45, 2.75) is 5.92 Å². The van der Waals surface area contributed by atoms with Gasteiger partial charge in [0.25, 0.3) is 0 Å². The van der Waals surface area contributed by atoms with Crippen molar-refractivity contribution in [2.24, 2.45) is 0 Å². The van der Waals surface area contributed by atoms with Crippen LogP contribution < -0.4 is 0 Å². The molecule has 154 valence electrons. The van der Waals surface area contributed by atoms with E-state index < -0.39 is 0 Å². The van der Waals surface area contributed by atoms with E-state index in [4.69, 9.17) is 4.42 Å². The summed E-state index contributed by atoms with van der Waals surface area (Å²) in [4.78, 5) is 13.1. The molecule has 3 heteroatoms. The molecule has 1 aliphatic rings. The molecule has 32 heavy (non-hydrogen) atoms. The van der Waals surface area contributed by atoms with Crippen LogP contribution in [0, 0.1) is 0 Å². The third kappa shape index (κ3) is 3.26. The van der Waals surface area contributed by atoms with E-state index in [-0.39, 0.29) is 11.0 Å². The van der Waals surface area contributed by atoms with Crippen molar-refractivity contribution in [3.8, 4) is 22.5 Å². The smallest absolute Gasteiger partial charge is 0.219 e. The normalized spacial score (nSPS) is 12.6. The zero-order valence-electron chi connectivity index (χ0n) is 17.3. The summed E-state index contributed by atoms with van der Waals surface area (Å²) in [6, 6.07) is 34.8. The Bertz CT molecular complexity index is 1400. The average Bonchev–Trinajstić information content (AvgIpc) is 3.42. The second-order valence-corrected chi connectivity index (χ2v) is 9.05. The summed E-state index contributed by atoms with van der Waals surface area (Å²) in [6.07, 6.45) is 0. The third-order valence-corrected chi connectivity index (χ3v) is 7.15. The summed E-state index contributed by atoms with van der Waals surface area (Å²) in [6.45, 7) is 0. The van der Waals surface area contributed by atoms with Gasteiger partial charge in [0, 0.05) is 28.2 Å². The first-order valence-electron chi connectivity index (χ1n) is 10.7. The average molecular weight is 433 g/mol. The van der Waals surface area contributed by atoms with Crippen LogP contribution in [0.2, 0.25) is 0 Å². The summed E-state index contributed by atoms with van der Waals surface area (Å²) in [5, 5.41) is 1.04. The lowest BCUT2D eigenvalue weighted by molar-refractivity contribution is 0.108. The predicted octanol–water partition coefficient (Wildman–Crippen LogP) is 7.79. The number of hydrogen-bond acceptors (Lipinski definition) is 3. The lowest BCUT2D eigenvalue weighted by atomic mass is 9.99. The minimum Gasteiger partial charge on any atom is -0.456 e. The second-order valence-electron chi connectivity index (χ2n) is 8.05. The number of rotatable bonds is 4. The van der Waals surface area contributed by atoms with E-state index in [2.05, 4.69) is 48.5 Å². The molecule has 6 rings (SSSR count). The van der Waals surface area contributed by atoms with E-state index in [1.54, 1.807) is 0 Å². The molecule has 0 saturated carbocycles. The topological polar surface area (TPSA) is 30.2 Å². The Morgan fingerprint density at radius 1 is 0.750 bits per heavy atom. The van der Waals surface area contributed by atoms with Gasteiger partial charge in [-0.3, -0.25) is 4.79 Å². The van der Waals surface area contributed by atoms with E-state index in [1.807, 2.05) is 54.6 Å². The zero-order valence-corrected chi connectivity index (χ0v) is 18.1. The van der Waals surface area contributed by atoms with Gasteiger partial charge in [0.2, 0.25) is 5.12 Å². The Kier molecular flexibility index (Phi) is 4.70. The molecule has 0 fully saturated rings. The molecule has 1 heterocycles. The molecule has 0 unspecified atom stereocenters. The van der Waals surface area contributed by atoms with Gasteiger partial charge in [0.05, 0.1) is 0 Å². The monoisotopic (exact) mass is 432 g/mol. The SMILES string of the molecule is O=C(SCC1c2ccccc2-c2ccccc21)c1ccc2oc(-c3ccccc3)cc2c1. The fraction of sp³-hybridized carbons (Fsp3) is 0.0690. The number of furan rings is 1. The number of carbonyl (C=O) groups is 1. The first-order valence-corrected chi connectivity index (χ1v) is 11.7. The maximum Gasteiger partial charge on any atom is 0.219 e. The van der Waals surface area contributed by atoms with Crippen LogP contribution in [-0.2, 0) is 0 Å². The van der Waals surface area contributed by atoms with Crippen LogP contribution >= 0.6 is 11.8 Å². The van der Waals surface area contributed by atoms with E-state index in [0.29, 0.717) is 5.56 Å². The number of carbonyl (C=O) groups excluding carboxylic acids is 1. The Hall–Kier alpha value is -3.56. The zero-order chi connectivity index (χ0) is 21.5. The standard InChI is InChI=1S/C29H20O2S/c30-29(20-14-15-27-21(16-20)17-28(31-27)19-8-2-1-3-9-19)32-18-26-24-12-6-4-10-22(24)23-11-5-7-13-25(23)26/h1-17,26H,18H2. The lowest BCUT2D eigenvalue weighted by Crippen LogP contribution is -2.03. The molecule has 0 saturated heterocycles. The fourth-order valence-corrected chi connectivity index (χ4v) is 5.57. The molecule has 0 radical (unpaired) electrons. The van der Waals surface area contributed by atoms with Gasteiger partial charge in [0.15, 0.2) is 0 Å². The Morgan fingerprint density at radius 2 is 1.41 bits per heavy atom. The molecule has 0 aliphatic heterocycles. The molecule has 2 nitrogen and oxygen atoms in total. The van der Waals surface area contributed by atoms with Gasteiger partial charge in [-0.15, -0.1) is 0 Å². The van der Waals surface area contributed by atoms with Crippen LogP contribution in [-0.4, -0.2) is 10.9 Å². The van der Waals surface area contributed by atoms with Crippen molar-refractivity contribution < 1.29 is 9.21 Å². The molecular weight excluding hydrogens is 412 g/mol. The van der Waals surface area contributed by atoms with Gasteiger partial charge in [-0.05, 0) is 46.5 Å². The summed E-state index contributed by atoms with van der Waals surface area (Å²) in [5.74, 6) is 1.78. The van der Waals surface area contributed by atoms with Crippen LogP contribution in [0.1, 0.15) is 27.4 Å². The van der Waals surface area contributed by atoms with E-state index in [1.165, 1.54) is 34.0 Å². The number of thioether (sulfide) groups is 1. The van der Waals surface area contributed by atoms with Gasteiger partial charge < -0.3 is 4.42 Å². The summed E-state index contributed by atoms with van der Waals surface area (Å²) in [7, 11) is 0. The summed E-state index contributed by atoms with van der Waals surface area (Å²) < 4.78 is 5.99. The molecule has 1 aromatic heterocycles. The fourth-order valence-electron chi connectivity index (χ4n) is 4.60. The highest BCUT2D eigenvalue weighted by molar-refractivity contribution is 8.14. The van der Waals surface area contributed by atoms with E-state index in [0.717, 1.165) is 28.0 Å². The number of fused-ring (bicyclic) bond motifs is 4. The van der Waals surface area contributed by atoms with Gasteiger partial charge in [0.1, 0.15) is 11.3 Å². The van der Waals surface area contributed by atoms with Gasteiger partial charge in [-0.25, -0.2) is 0 Å². The van der Waals surface area contributed by atoms with Crippen molar-refractivity contribution in [1.29, 1.82) is 0 Å². The minimum atomic E-state index is 0.0937. The van der Waals surface area contributed by atoms with Crippen molar-refractivity contribution in [3.63, 3.8) is 0 Å². The van der Waals surface area contributed by atoms with E-state index in [9.17, 15) is 4.79 Å². The summed E-state index contributed by atoms with van der Waals surface area (Å²) >= 11 is 1.40. The van der Waals surface area contributed by atoms with Crippen molar-refractivity contribution >= 4 is 27.8 Å². The minimum absolute atomic E-state index is 0.0937. The summed E-state index contributed by atoms with van der Waals surface area (Å²) in [5.41, 5.74) is 7.73. The first kappa shape index (κ1) is 19.1. The molecule has 0 amide bonds. The van der Waals surface area contributed by atoms with Crippen molar-refractivity contribution in [3.05, 3.63) is 120 Å². The van der Waals surface area contributed by atoms with Gasteiger partial charge in [-0.2, -0.15) is 0 Å². The highest BCUT2D eigenvalue weighted by atomic mass is 32.2. The second kappa shape index (κ2) is 7.85. The van der Waals surface area contributed by atoms with Gasteiger partial charge >= 0.3 is 0 Å². The number of benzene rings is 4. The van der Waals surface area contributed by atoms with Crippen LogP contribution in [0.15, 0.2) is 108 Å². The molecular formula is C29H20O2S. The molecule has 1 aliphatic carbocycles. The molecule has 4 aromatic carbocycles. The number of hydrogen-bond donors (Lipinski definition) is 0. The lowest BCUT2D eigenvalue weighted by Gasteiger charge is -2.12. The Balaban J connectivity index is 1.25. The highest BCUT2D eigenvalue weighted by Crippen LogP contribution is 2.46. The predicted molar refractivity (Wildman–Crippen MR) is 132 cm³/mol. The maximum absolute atomic E-state index is 13.1. The molecule has 0 spiro atoms. The van der Waals surface area contributed by atoms with E-state index >= 15 is 0 Å². The molecule has 0 N–H and O–H groups in total. The first-order chi connectivity index (χ1) is 15.8. The highest BCUT2D eigenvalue weighted by Gasteiger charge is 2.28. The van der Waals surface area contributed by atoms with Crippen LogP contribution in [0.5, 0.6) is 0 Å². The van der Waals surface area contributed by atoms with Gasteiger partial charge in [-0.1, -0.05) is 90.6 Å². The van der Waals surface area contributed by atoms with Crippen LogP contribution in [0.25, 0.3) is 33.4 Å². The van der Waals surface area contributed by atoms with Crippen LogP contribution in [0.4, 0.5) is 0 Å².